The van der Waals surface area contributed by atoms with Gasteiger partial charge in [-0.2, -0.15) is 0 Å². The molecular weight excluding hydrogens is 350 g/mol. The van der Waals surface area contributed by atoms with E-state index in [1.807, 2.05) is 0 Å². The lowest BCUT2D eigenvalue weighted by molar-refractivity contribution is -0.148. The number of hydrogen-bond donors (Lipinski definition) is 1. The highest BCUT2D eigenvalue weighted by atomic mass is 16.4. The van der Waals surface area contributed by atoms with Gasteiger partial charge in [0.25, 0.3) is 0 Å². The predicted molar refractivity (Wildman–Crippen MR) is 117 cm³/mol. The number of hydrogen-bond acceptors (Lipinski definition) is 2. The highest BCUT2D eigenvalue weighted by molar-refractivity contribution is 5.84. The molecule has 4 nitrogen and oxygen atoms in total. The third-order valence-corrected chi connectivity index (χ3v) is 6.10. The van der Waals surface area contributed by atoms with Gasteiger partial charge in [0.05, 0.1) is 0 Å². The molecule has 1 aliphatic heterocycles. The molecule has 4 heteroatoms. The summed E-state index contributed by atoms with van der Waals surface area (Å²) in [5.74, 6) is -0.812. The van der Waals surface area contributed by atoms with Crippen LogP contribution >= 0.6 is 0 Å². The van der Waals surface area contributed by atoms with Gasteiger partial charge in [-0.15, -0.1) is 0 Å². The average Bonchev–Trinajstić information content (AvgIpc) is 3.18. The fraction of sp³-hybridized carbons (Fsp3) is 0.917. The minimum absolute atomic E-state index is 0.0373. The van der Waals surface area contributed by atoms with Crippen molar-refractivity contribution < 1.29 is 14.7 Å². The van der Waals surface area contributed by atoms with Crippen LogP contribution < -0.4 is 0 Å². The minimum atomic E-state index is -0.849. The fourth-order valence-corrected chi connectivity index (χ4v) is 4.29. The smallest absolute Gasteiger partial charge is 0.326 e. The summed E-state index contributed by atoms with van der Waals surface area (Å²) in [4.78, 5) is 24.9. The van der Waals surface area contributed by atoms with E-state index in [4.69, 9.17) is 5.11 Å². The van der Waals surface area contributed by atoms with Crippen LogP contribution in [0.25, 0.3) is 0 Å². The van der Waals surface area contributed by atoms with Gasteiger partial charge in [0.1, 0.15) is 6.04 Å². The van der Waals surface area contributed by atoms with Crippen molar-refractivity contribution in [2.45, 2.75) is 135 Å². The number of carboxylic acids is 1. The first-order valence-electron chi connectivity index (χ1n) is 12.2. The van der Waals surface area contributed by atoms with Crippen LogP contribution in [0.1, 0.15) is 129 Å². The molecule has 1 atom stereocenters. The Hall–Kier alpha value is -1.06. The van der Waals surface area contributed by atoms with E-state index < -0.39 is 12.0 Å². The van der Waals surface area contributed by atoms with Crippen LogP contribution in [0.5, 0.6) is 0 Å². The molecular formula is C24H45NO3. The molecule has 28 heavy (non-hydrogen) atoms. The van der Waals surface area contributed by atoms with E-state index in [9.17, 15) is 9.59 Å². The summed E-state index contributed by atoms with van der Waals surface area (Å²) in [6, 6.07) is -0.575. The molecule has 1 saturated heterocycles. The van der Waals surface area contributed by atoms with E-state index in [1.54, 1.807) is 4.90 Å². The lowest BCUT2D eigenvalue weighted by Crippen LogP contribution is -2.40. The molecule has 1 amide bonds. The second-order valence-electron chi connectivity index (χ2n) is 8.64. The Kier molecular flexibility index (Phi) is 15.0. The Morgan fingerprint density at radius 3 is 1.61 bits per heavy atom. The van der Waals surface area contributed by atoms with Crippen molar-refractivity contribution >= 4 is 11.9 Å². The molecule has 0 aromatic rings. The highest BCUT2D eigenvalue weighted by Crippen LogP contribution is 2.20. The number of unbranched alkanes of at least 4 members (excludes halogenated alkanes) is 15. The molecule has 0 bridgehead atoms. The zero-order chi connectivity index (χ0) is 20.5. The monoisotopic (exact) mass is 395 g/mol. The second kappa shape index (κ2) is 16.9. The lowest BCUT2D eigenvalue weighted by Gasteiger charge is -2.21. The van der Waals surface area contributed by atoms with Crippen LogP contribution in [0, 0.1) is 0 Å². The Bertz CT molecular complexity index is 411. The molecule has 1 rings (SSSR count). The Morgan fingerprint density at radius 2 is 1.18 bits per heavy atom. The highest BCUT2D eigenvalue weighted by Gasteiger charge is 2.33. The summed E-state index contributed by atoms with van der Waals surface area (Å²) in [6.45, 7) is 2.89. The van der Waals surface area contributed by atoms with Crippen LogP contribution in [-0.2, 0) is 9.59 Å². The van der Waals surface area contributed by atoms with E-state index in [1.165, 1.54) is 89.9 Å². The lowest BCUT2D eigenvalue weighted by atomic mass is 10.0. The zero-order valence-corrected chi connectivity index (χ0v) is 18.4. The molecule has 1 aliphatic rings. The number of rotatable bonds is 18. The zero-order valence-electron chi connectivity index (χ0n) is 18.4. The average molecular weight is 396 g/mol. The normalized spacial score (nSPS) is 16.6. The molecule has 1 N–H and O–H groups in total. The van der Waals surface area contributed by atoms with Crippen LogP contribution in [0.15, 0.2) is 0 Å². The molecule has 1 heterocycles. The number of aliphatic carboxylic acids is 1. The Labute approximate surface area is 173 Å². The minimum Gasteiger partial charge on any atom is -0.480 e. The van der Waals surface area contributed by atoms with Crippen molar-refractivity contribution in [1.82, 2.24) is 4.90 Å². The summed E-state index contributed by atoms with van der Waals surface area (Å²) in [5.41, 5.74) is 0. The van der Waals surface area contributed by atoms with Gasteiger partial charge in [0.2, 0.25) is 5.91 Å². The predicted octanol–water partition coefficient (Wildman–Crippen LogP) is 6.71. The molecule has 0 spiro atoms. The van der Waals surface area contributed by atoms with E-state index in [2.05, 4.69) is 6.92 Å². The summed E-state index contributed by atoms with van der Waals surface area (Å²) in [5, 5.41) is 9.15. The van der Waals surface area contributed by atoms with Gasteiger partial charge in [0.15, 0.2) is 0 Å². The van der Waals surface area contributed by atoms with Gasteiger partial charge < -0.3 is 10.0 Å². The largest absolute Gasteiger partial charge is 0.480 e. The second-order valence-corrected chi connectivity index (χ2v) is 8.64. The van der Waals surface area contributed by atoms with E-state index in [0.717, 1.165) is 19.3 Å². The van der Waals surface area contributed by atoms with Crippen molar-refractivity contribution in [3.8, 4) is 0 Å². The number of amides is 1. The summed E-state index contributed by atoms with van der Waals surface area (Å²) < 4.78 is 0. The maximum Gasteiger partial charge on any atom is 0.326 e. The molecule has 0 aromatic carbocycles. The SMILES string of the molecule is CCCCCCCCCCCCCCCCCCC(=O)N1CCC[C@H]1C(=O)O. The topological polar surface area (TPSA) is 57.6 Å². The molecule has 1 fully saturated rings. The third-order valence-electron chi connectivity index (χ3n) is 6.10. The quantitative estimate of drug-likeness (QED) is 0.262. The first-order chi connectivity index (χ1) is 13.7. The number of nitrogens with zero attached hydrogens (tertiary/aromatic N) is 1. The Balaban J connectivity index is 1.82. The maximum absolute atomic E-state index is 12.2. The van der Waals surface area contributed by atoms with E-state index in [0.29, 0.717) is 19.4 Å². The third kappa shape index (κ3) is 11.7. The van der Waals surface area contributed by atoms with Crippen LogP contribution in [-0.4, -0.2) is 34.5 Å². The number of carboxylic acid groups (broad SMARTS) is 1. The van der Waals surface area contributed by atoms with Crippen molar-refractivity contribution in [3.05, 3.63) is 0 Å². The fourth-order valence-electron chi connectivity index (χ4n) is 4.29. The van der Waals surface area contributed by atoms with Crippen molar-refractivity contribution in [3.63, 3.8) is 0 Å². The van der Waals surface area contributed by atoms with E-state index in [-0.39, 0.29) is 5.91 Å². The number of likely N-dealkylation sites (tertiary alicyclic amines) is 1. The van der Waals surface area contributed by atoms with Gasteiger partial charge in [0, 0.05) is 13.0 Å². The van der Waals surface area contributed by atoms with Gasteiger partial charge in [-0.05, 0) is 19.3 Å². The molecule has 164 valence electrons. The molecule has 0 radical (unpaired) electrons. The van der Waals surface area contributed by atoms with Gasteiger partial charge in [-0.25, -0.2) is 4.79 Å². The maximum atomic E-state index is 12.2. The van der Waals surface area contributed by atoms with Crippen molar-refractivity contribution in [2.24, 2.45) is 0 Å². The standard InChI is InChI=1S/C24H45NO3/c1-2-3-4-5-6-7-8-9-10-11-12-13-14-15-16-17-20-23(26)25-21-18-19-22(25)24(27)28/h22H,2-21H2,1H3,(H,27,28)/t22-/m0/s1. The first-order valence-corrected chi connectivity index (χ1v) is 12.2. The van der Waals surface area contributed by atoms with Gasteiger partial charge >= 0.3 is 5.97 Å². The van der Waals surface area contributed by atoms with Gasteiger partial charge in [-0.1, -0.05) is 103 Å². The van der Waals surface area contributed by atoms with Crippen LogP contribution in [0.3, 0.4) is 0 Å². The van der Waals surface area contributed by atoms with Crippen LogP contribution in [0.4, 0.5) is 0 Å². The van der Waals surface area contributed by atoms with E-state index >= 15 is 0 Å². The van der Waals surface area contributed by atoms with Crippen molar-refractivity contribution in [2.75, 3.05) is 6.54 Å². The van der Waals surface area contributed by atoms with Crippen LogP contribution in [0.2, 0.25) is 0 Å². The first kappa shape index (κ1) is 25.0. The molecule has 0 aliphatic carbocycles. The molecule has 0 saturated carbocycles. The van der Waals surface area contributed by atoms with Crippen molar-refractivity contribution in [1.29, 1.82) is 0 Å². The summed E-state index contributed by atoms with van der Waals surface area (Å²) in [6.07, 6.45) is 23.1. The molecule has 0 aromatic heterocycles. The summed E-state index contributed by atoms with van der Waals surface area (Å²) in [7, 11) is 0. The van der Waals surface area contributed by atoms with Gasteiger partial charge in [-0.3, -0.25) is 4.79 Å². The number of carbonyl (C=O) groups excluding carboxylic acids is 1. The molecule has 0 unspecified atom stereocenters. The Morgan fingerprint density at radius 1 is 0.750 bits per heavy atom. The summed E-state index contributed by atoms with van der Waals surface area (Å²) >= 11 is 0. The number of carbonyl (C=O) groups is 2.